The summed E-state index contributed by atoms with van der Waals surface area (Å²) in [7, 11) is 0. The molecular formula is C23H22N4O5. The second-order valence-electron chi connectivity index (χ2n) is 7.50. The van der Waals surface area contributed by atoms with Gasteiger partial charge in [0.05, 0.1) is 11.9 Å². The highest BCUT2D eigenvalue weighted by atomic mass is 16.5. The predicted molar refractivity (Wildman–Crippen MR) is 116 cm³/mol. The van der Waals surface area contributed by atoms with Gasteiger partial charge in [0.25, 0.3) is 0 Å². The lowest BCUT2D eigenvalue weighted by atomic mass is 9.98. The first-order valence-electron chi connectivity index (χ1n) is 10.1. The minimum atomic E-state index is -1.05. The summed E-state index contributed by atoms with van der Waals surface area (Å²) in [5, 5.41) is 17.7. The summed E-state index contributed by atoms with van der Waals surface area (Å²) in [5.41, 5.74) is 4.80. The summed E-state index contributed by atoms with van der Waals surface area (Å²) in [5.74, 6) is -1.60. The molecule has 3 aromatic rings. The minimum absolute atomic E-state index is 0.0719. The second kappa shape index (κ2) is 8.93. The van der Waals surface area contributed by atoms with Gasteiger partial charge in [-0.15, -0.1) is 0 Å². The van der Waals surface area contributed by atoms with Crippen molar-refractivity contribution in [3.8, 4) is 11.1 Å². The average molecular weight is 434 g/mol. The number of benzene rings is 2. The maximum atomic E-state index is 12.3. The Bertz CT molecular complexity index is 1130. The molecule has 1 aromatic heterocycles. The quantitative estimate of drug-likeness (QED) is 0.526. The normalized spacial score (nSPS) is 13.0. The first kappa shape index (κ1) is 21.1. The van der Waals surface area contributed by atoms with Crippen molar-refractivity contribution in [1.29, 1.82) is 0 Å². The summed E-state index contributed by atoms with van der Waals surface area (Å²) in [4.78, 5) is 35.4. The van der Waals surface area contributed by atoms with Crippen molar-refractivity contribution in [2.24, 2.45) is 0 Å². The smallest absolute Gasteiger partial charge is 0.407 e. The number of ether oxygens (including phenoxy) is 1. The highest BCUT2D eigenvalue weighted by Crippen LogP contribution is 2.44. The number of aromatic nitrogens is 2. The number of hydrogen-bond donors (Lipinski definition) is 3. The van der Waals surface area contributed by atoms with Crippen LogP contribution < -0.4 is 10.6 Å². The van der Waals surface area contributed by atoms with E-state index in [9.17, 15) is 14.4 Å². The molecule has 0 saturated carbocycles. The summed E-state index contributed by atoms with van der Waals surface area (Å²) >= 11 is 0. The third-order valence-electron chi connectivity index (χ3n) is 5.27. The standard InChI is InChI=1S/C23H22N4O5/c1-14(22(30)26-15-10-24-27(11-15)12-21(28)29)25-23(31)32-13-20-18-8-4-2-6-16(18)17-7-3-5-9-19(17)20/h2-11,14,20H,12-13H2,1H3,(H,25,31)(H,26,30)(H,28,29)/t14-/m1/s1. The summed E-state index contributed by atoms with van der Waals surface area (Å²) in [6.07, 6.45) is 2.03. The number of nitrogens with zero attached hydrogens (tertiary/aromatic N) is 2. The molecule has 1 aliphatic rings. The number of rotatable bonds is 7. The Labute approximate surface area is 184 Å². The molecule has 0 aliphatic heterocycles. The molecule has 0 unspecified atom stereocenters. The SMILES string of the molecule is C[C@@H](NC(=O)OCC1c2ccccc2-c2ccccc21)C(=O)Nc1cnn(CC(=O)O)c1. The number of fused-ring (bicyclic) bond motifs is 3. The number of carboxylic acid groups (broad SMARTS) is 1. The van der Waals surface area contributed by atoms with Gasteiger partial charge in [-0.2, -0.15) is 5.10 Å². The van der Waals surface area contributed by atoms with Crippen LogP contribution in [0.3, 0.4) is 0 Å². The number of anilines is 1. The van der Waals surface area contributed by atoms with Crippen LogP contribution >= 0.6 is 0 Å². The lowest BCUT2D eigenvalue weighted by molar-refractivity contribution is -0.137. The molecule has 1 aliphatic carbocycles. The van der Waals surface area contributed by atoms with Gasteiger partial charge in [0.2, 0.25) is 5.91 Å². The zero-order valence-electron chi connectivity index (χ0n) is 17.3. The van der Waals surface area contributed by atoms with Crippen LogP contribution in [0.5, 0.6) is 0 Å². The topological polar surface area (TPSA) is 123 Å². The lowest BCUT2D eigenvalue weighted by Gasteiger charge is -2.17. The summed E-state index contributed by atoms with van der Waals surface area (Å²) in [6, 6.07) is 15.2. The van der Waals surface area contributed by atoms with Crippen molar-refractivity contribution in [2.75, 3.05) is 11.9 Å². The van der Waals surface area contributed by atoms with E-state index in [0.29, 0.717) is 5.69 Å². The van der Waals surface area contributed by atoms with E-state index in [2.05, 4.69) is 27.9 Å². The van der Waals surface area contributed by atoms with E-state index in [1.165, 1.54) is 24.0 Å². The Morgan fingerprint density at radius 2 is 1.72 bits per heavy atom. The monoisotopic (exact) mass is 434 g/mol. The molecule has 1 heterocycles. The van der Waals surface area contributed by atoms with Crippen LogP contribution in [0.1, 0.15) is 24.0 Å². The summed E-state index contributed by atoms with van der Waals surface area (Å²) in [6.45, 7) is 1.36. The van der Waals surface area contributed by atoms with Crippen molar-refractivity contribution in [1.82, 2.24) is 15.1 Å². The number of carbonyl (C=O) groups excluding carboxylic acids is 2. The molecule has 9 nitrogen and oxygen atoms in total. The Hall–Kier alpha value is -4.14. The van der Waals surface area contributed by atoms with E-state index in [1.54, 1.807) is 0 Å². The molecule has 3 N–H and O–H groups in total. The van der Waals surface area contributed by atoms with Crippen molar-refractivity contribution >= 4 is 23.7 Å². The largest absolute Gasteiger partial charge is 0.480 e. The van der Waals surface area contributed by atoms with E-state index in [4.69, 9.17) is 9.84 Å². The van der Waals surface area contributed by atoms with Crippen LogP contribution in [0.2, 0.25) is 0 Å². The molecular weight excluding hydrogens is 412 g/mol. The maximum absolute atomic E-state index is 12.3. The minimum Gasteiger partial charge on any atom is -0.480 e. The Morgan fingerprint density at radius 3 is 2.34 bits per heavy atom. The second-order valence-corrected chi connectivity index (χ2v) is 7.50. The molecule has 0 fully saturated rings. The molecule has 4 rings (SSSR count). The number of carboxylic acids is 1. The van der Waals surface area contributed by atoms with E-state index in [0.717, 1.165) is 22.3 Å². The number of nitrogens with one attached hydrogen (secondary N) is 2. The number of hydrogen-bond acceptors (Lipinski definition) is 5. The van der Waals surface area contributed by atoms with Gasteiger partial charge in [-0.25, -0.2) is 4.79 Å². The third kappa shape index (κ3) is 4.46. The number of carbonyl (C=O) groups is 3. The zero-order valence-corrected chi connectivity index (χ0v) is 17.3. The molecule has 2 aromatic carbocycles. The van der Waals surface area contributed by atoms with Crippen LogP contribution in [-0.2, 0) is 20.9 Å². The van der Waals surface area contributed by atoms with Crippen LogP contribution in [0.15, 0.2) is 60.9 Å². The van der Waals surface area contributed by atoms with Crippen molar-refractivity contribution < 1.29 is 24.2 Å². The molecule has 0 radical (unpaired) electrons. The van der Waals surface area contributed by atoms with Gasteiger partial charge in [0, 0.05) is 12.1 Å². The van der Waals surface area contributed by atoms with Crippen LogP contribution in [0.25, 0.3) is 11.1 Å². The zero-order chi connectivity index (χ0) is 22.7. The van der Waals surface area contributed by atoms with Gasteiger partial charge in [0.15, 0.2) is 0 Å². The Morgan fingerprint density at radius 1 is 1.09 bits per heavy atom. The van der Waals surface area contributed by atoms with Crippen molar-refractivity contribution in [3.05, 3.63) is 72.1 Å². The Balaban J connectivity index is 1.32. The van der Waals surface area contributed by atoms with Crippen LogP contribution in [-0.4, -0.2) is 45.5 Å². The molecule has 9 heteroatoms. The fourth-order valence-electron chi connectivity index (χ4n) is 3.79. The van der Waals surface area contributed by atoms with Gasteiger partial charge in [0.1, 0.15) is 19.2 Å². The number of aliphatic carboxylic acids is 1. The fraction of sp³-hybridized carbons (Fsp3) is 0.217. The highest BCUT2D eigenvalue weighted by Gasteiger charge is 2.29. The first-order chi connectivity index (χ1) is 15.4. The number of amides is 2. The van der Waals surface area contributed by atoms with Crippen LogP contribution in [0.4, 0.5) is 10.5 Å². The molecule has 0 spiro atoms. The summed E-state index contributed by atoms with van der Waals surface area (Å²) < 4.78 is 6.63. The molecule has 0 bridgehead atoms. The van der Waals surface area contributed by atoms with E-state index >= 15 is 0 Å². The molecule has 164 valence electrons. The van der Waals surface area contributed by atoms with Gasteiger partial charge in [-0.3, -0.25) is 14.3 Å². The number of alkyl carbamates (subject to hydrolysis) is 1. The molecule has 0 saturated heterocycles. The highest BCUT2D eigenvalue weighted by molar-refractivity contribution is 5.96. The molecule has 2 amide bonds. The van der Waals surface area contributed by atoms with Gasteiger partial charge in [-0.1, -0.05) is 48.5 Å². The predicted octanol–water partition coefficient (Wildman–Crippen LogP) is 2.83. The maximum Gasteiger partial charge on any atom is 0.407 e. The van der Waals surface area contributed by atoms with E-state index < -0.39 is 24.0 Å². The van der Waals surface area contributed by atoms with E-state index in [1.807, 2.05) is 36.4 Å². The van der Waals surface area contributed by atoms with Gasteiger partial charge < -0.3 is 20.5 Å². The van der Waals surface area contributed by atoms with Crippen LogP contribution in [0, 0.1) is 0 Å². The molecule has 32 heavy (non-hydrogen) atoms. The lowest BCUT2D eigenvalue weighted by Crippen LogP contribution is -2.42. The van der Waals surface area contributed by atoms with Gasteiger partial charge in [-0.05, 0) is 29.2 Å². The van der Waals surface area contributed by atoms with Crippen molar-refractivity contribution in [2.45, 2.75) is 25.4 Å². The molecule has 1 atom stereocenters. The Kier molecular flexibility index (Phi) is 5.89. The fourth-order valence-corrected chi connectivity index (χ4v) is 3.79. The first-order valence-corrected chi connectivity index (χ1v) is 10.1. The average Bonchev–Trinajstić information content (AvgIpc) is 3.33. The van der Waals surface area contributed by atoms with E-state index in [-0.39, 0.29) is 19.1 Å². The van der Waals surface area contributed by atoms with Crippen molar-refractivity contribution in [3.63, 3.8) is 0 Å². The van der Waals surface area contributed by atoms with Gasteiger partial charge >= 0.3 is 12.1 Å². The third-order valence-corrected chi connectivity index (χ3v) is 5.27.